The van der Waals surface area contributed by atoms with Crippen molar-refractivity contribution in [1.82, 2.24) is 5.32 Å². The van der Waals surface area contributed by atoms with Gasteiger partial charge in [-0.2, -0.15) is 0 Å². The summed E-state index contributed by atoms with van der Waals surface area (Å²) in [5.41, 5.74) is 7.60. The highest BCUT2D eigenvalue weighted by Crippen LogP contribution is 2.22. The normalized spacial score (nSPS) is 11.9. The number of nitrogens with one attached hydrogen (secondary N) is 1. The molecule has 3 nitrogen and oxygen atoms in total. The highest BCUT2D eigenvalue weighted by atomic mass is 32.1. The van der Waals surface area contributed by atoms with Crippen molar-refractivity contribution in [3.8, 4) is 0 Å². The molecule has 4 heteroatoms. The molecule has 0 aliphatic heterocycles. The molecule has 2 aromatic rings. The largest absolute Gasteiger partial charge is 0.393 e. The number of thiocarbonyl (C=S) groups is 1. The summed E-state index contributed by atoms with van der Waals surface area (Å²) in [6, 6.07) is 19.5. The minimum Gasteiger partial charge on any atom is -0.393 e. The van der Waals surface area contributed by atoms with Crippen LogP contribution in [0.2, 0.25) is 0 Å². The number of carbonyl (C=O) groups excluding carboxylic acids is 1. The van der Waals surface area contributed by atoms with Gasteiger partial charge in [0.2, 0.25) is 5.91 Å². The fourth-order valence-corrected chi connectivity index (χ4v) is 2.15. The van der Waals surface area contributed by atoms with Gasteiger partial charge in [0.1, 0.15) is 0 Å². The molecule has 0 aromatic heterocycles. The molecule has 0 aliphatic rings. The van der Waals surface area contributed by atoms with Gasteiger partial charge in [0, 0.05) is 0 Å². The molecule has 1 amide bonds. The smallest absolute Gasteiger partial charge is 0.230 e. The Morgan fingerprint density at radius 2 is 1.43 bits per heavy atom. The van der Waals surface area contributed by atoms with Crippen molar-refractivity contribution in [1.29, 1.82) is 0 Å². The van der Waals surface area contributed by atoms with Gasteiger partial charge in [0.05, 0.1) is 16.9 Å². The number of nitrogens with two attached hydrogens (primary N) is 1. The summed E-state index contributed by atoms with van der Waals surface area (Å²) in [4.78, 5) is 12.5. The molecular formula is C17H18N2OS. The summed E-state index contributed by atoms with van der Waals surface area (Å²) in [5.74, 6) is -0.657. The van der Waals surface area contributed by atoms with Gasteiger partial charge in [-0.15, -0.1) is 0 Å². The fraction of sp³-hybridized carbons (Fsp3) is 0.176. The summed E-state index contributed by atoms with van der Waals surface area (Å²) >= 11 is 4.90. The SMILES string of the molecule is CC(C(=O)NC(c1ccccc1)c1ccccc1)C(N)=S. The molecule has 108 valence electrons. The Labute approximate surface area is 130 Å². The molecule has 3 N–H and O–H groups in total. The van der Waals surface area contributed by atoms with E-state index in [9.17, 15) is 4.79 Å². The van der Waals surface area contributed by atoms with Gasteiger partial charge >= 0.3 is 0 Å². The Hall–Kier alpha value is -2.20. The maximum atomic E-state index is 12.3. The lowest BCUT2D eigenvalue weighted by molar-refractivity contribution is -0.123. The predicted octanol–water partition coefficient (Wildman–Crippen LogP) is 2.81. The van der Waals surface area contributed by atoms with E-state index < -0.39 is 5.92 Å². The molecule has 0 saturated carbocycles. The molecule has 2 rings (SSSR count). The van der Waals surface area contributed by atoms with Crippen LogP contribution in [-0.2, 0) is 4.79 Å². The van der Waals surface area contributed by atoms with Crippen LogP contribution in [0, 0.1) is 5.92 Å². The van der Waals surface area contributed by atoms with Crippen molar-refractivity contribution in [2.75, 3.05) is 0 Å². The molecule has 0 heterocycles. The zero-order chi connectivity index (χ0) is 15.2. The second-order valence-corrected chi connectivity index (χ2v) is 5.36. The highest BCUT2D eigenvalue weighted by Gasteiger charge is 2.21. The molecule has 2 aromatic carbocycles. The van der Waals surface area contributed by atoms with Gasteiger partial charge in [-0.1, -0.05) is 72.9 Å². The zero-order valence-electron chi connectivity index (χ0n) is 11.8. The topological polar surface area (TPSA) is 55.1 Å². The van der Waals surface area contributed by atoms with Crippen LogP contribution in [0.1, 0.15) is 24.1 Å². The Kier molecular flexibility index (Phi) is 5.06. The predicted molar refractivity (Wildman–Crippen MR) is 88.8 cm³/mol. The van der Waals surface area contributed by atoms with Crippen molar-refractivity contribution in [2.24, 2.45) is 11.7 Å². The van der Waals surface area contributed by atoms with Crippen LogP contribution in [0.15, 0.2) is 60.7 Å². The van der Waals surface area contributed by atoms with E-state index in [-0.39, 0.29) is 16.9 Å². The molecule has 0 saturated heterocycles. The summed E-state index contributed by atoms with van der Waals surface area (Å²) in [7, 11) is 0. The standard InChI is InChI=1S/C17H18N2OS/c1-12(16(18)21)17(20)19-15(13-8-4-2-5-9-13)14-10-6-3-7-11-14/h2-12,15H,1H3,(H2,18,21)(H,19,20). The van der Waals surface area contributed by atoms with Crippen molar-refractivity contribution in [3.05, 3.63) is 71.8 Å². The molecular weight excluding hydrogens is 280 g/mol. The lowest BCUT2D eigenvalue weighted by Crippen LogP contribution is -2.38. The average molecular weight is 298 g/mol. The summed E-state index contributed by atoms with van der Waals surface area (Å²) in [6.07, 6.45) is 0. The van der Waals surface area contributed by atoms with Crippen LogP contribution < -0.4 is 11.1 Å². The van der Waals surface area contributed by atoms with Crippen LogP contribution in [-0.4, -0.2) is 10.9 Å². The molecule has 21 heavy (non-hydrogen) atoms. The Morgan fingerprint density at radius 3 is 1.81 bits per heavy atom. The summed E-state index contributed by atoms with van der Waals surface area (Å²) in [6.45, 7) is 1.71. The van der Waals surface area contributed by atoms with Crippen LogP contribution in [0.3, 0.4) is 0 Å². The highest BCUT2D eigenvalue weighted by molar-refractivity contribution is 7.80. The lowest BCUT2D eigenvalue weighted by Gasteiger charge is -2.21. The first-order chi connectivity index (χ1) is 10.1. The Morgan fingerprint density at radius 1 is 1.00 bits per heavy atom. The summed E-state index contributed by atoms with van der Waals surface area (Å²) < 4.78 is 0. The number of amides is 1. The Bertz CT molecular complexity index is 574. The number of hydrogen-bond donors (Lipinski definition) is 2. The van der Waals surface area contributed by atoms with E-state index in [4.69, 9.17) is 18.0 Å². The van der Waals surface area contributed by atoms with E-state index in [0.717, 1.165) is 11.1 Å². The minimum absolute atomic E-state index is 0.166. The van der Waals surface area contributed by atoms with Crippen LogP contribution in [0.5, 0.6) is 0 Å². The second kappa shape index (κ2) is 6.99. The fourth-order valence-electron chi connectivity index (χ4n) is 2.05. The first-order valence-corrected chi connectivity index (χ1v) is 7.20. The minimum atomic E-state index is -0.491. The van der Waals surface area contributed by atoms with E-state index in [2.05, 4.69) is 5.32 Å². The monoisotopic (exact) mass is 298 g/mol. The van der Waals surface area contributed by atoms with Crippen molar-refractivity contribution in [2.45, 2.75) is 13.0 Å². The van der Waals surface area contributed by atoms with Gasteiger partial charge in [0.25, 0.3) is 0 Å². The quantitative estimate of drug-likeness (QED) is 0.835. The Balaban J connectivity index is 2.30. The average Bonchev–Trinajstić information content (AvgIpc) is 2.53. The van der Waals surface area contributed by atoms with Crippen molar-refractivity contribution in [3.63, 3.8) is 0 Å². The summed E-state index contributed by atoms with van der Waals surface area (Å²) in [5, 5.41) is 3.02. The zero-order valence-corrected chi connectivity index (χ0v) is 12.6. The van der Waals surface area contributed by atoms with Gasteiger partial charge in [-0.25, -0.2) is 0 Å². The number of carbonyl (C=O) groups is 1. The van der Waals surface area contributed by atoms with E-state index >= 15 is 0 Å². The maximum absolute atomic E-state index is 12.3. The van der Waals surface area contributed by atoms with Crippen molar-refractivity contribution >= 4 is 23.1 Å². The molecule has 0 radical (unpaired) electrons. The molecule has 0 aliphatic carbocycles. The molecule has 1 unspecified atom stereocenters. The van der Waals surface area contributed by atoms with E-state index in [1.807, 2.05) is 60.7 Å². The van der Waals surface area contributed by atoms with E-state index in [1.165, 1.54) is 0 Å². The first-order valence-electron chi connectivity index (χ1n) is 6.79. The maximum Gasteiger partial charge on any atom is 0.230 e. The van der Waals surface area contributed by atoms with Crippen LogP contribution >= 0.6 is 12.2 Å². The van der Waals surface area contributed by atoms with E-state index in [0.29, 0.717) is 0 Å². The van der Waals surface area contributed by atoms with Crippen molar-refractivity contribution < 1.29 is 4.79 Å². The molecule has 0 bridgehead atoms. The van der Waals surface area contributed by atoms with Gasteiger partial charge in [0.15, 0.2) is 0 Å². The third-order valence-corrected chi connectivity index (χ3v) is 3.73. The van der Waals surface area contributed by atoms with E-state index in [1.54, 1.807) is 6.92 Å². The molecule has 1 atom stereocenters. The third kappa shape index (κ3) is 3.89. The number of rotatable bonds is 5. The van der Waals surface area contributed by atoms with Gasteiger partial charge < -0.3 is 11.1 Å². The van der Waals surface area contributed by atoms with Gasteiger partial charge in [-0.3, -0.25) is 4.79 Å². The number of hydrogen-bond acceptors (Lipinski definition) is 2. The van der Waals surface area contributed by atoms with Gasteiger partial charge in [-0.05, 0) is 18.1 Å². The third-order valence-electron chi connectivity index (χ3n) is 3.37. The molecule has 0 fully saturated rings. The lowest BCUT2D eigenvalue weighted by atomic mass is 9.98. The van der Waals surface area contributed by atoms with Crippen LogP contribution in [0.4, 0.5) is 0 Å². The number of benzene rings is 2. The van der Waals surface area contributed by atoms with Crippen LogP contribution in [0.25, 0.3) is 0 Å². The second-order valence-electron chi connectivity index (χ2n) is 4.89. The molecule has 0 spiro atoms. The first kappa shape index (κ1) is 15.2.